The quantitative estimate of drug-likeness (QED) is 0.483. The summed E-state index contributed by atoms with van der Waals surface area (Å²) >= 11 is 0. The molecular weight excluding hydrogens is 513 g/mol. The van der Waals surface area contributed by atoms with E-state index in [0.29, 0.717) is 0 Å². The van der Waals surface area contributed by atoms with E-state index >= 15 is 0 Å². The number of alkyl halides is 3. The molecule has 5 nitrogen and oxygen atoms in total. The van der Waals surface area contributed by atoms with E-state index in [0.717, 1.165) is 18.2 Å². The molecule has 9 heteroatoms. The number of carbonyl (C=O) groups excluding carboxylic acids is 1. The maximum atomic E-state index is 12.5. The molecule has 1 aliphatic carbocycles. The molecule has 2 aliphatic rings. The fraction of sp³-hybridized carbons (Fsp3) is 0.483. The van der Waals surface area contributed by atoms with Gasteiger partial charge in [0.2, 0.25) is 5.91 Å². The summed E-state index contributed by atoms with van der Waals surface area (Å²) < 4.78 is 49.1. The Hall–Kier alpha value is -2.67. The number of rotatable bonds is 7. The SMILES string of the molecule is C#C.NC(=O)[C@H](O)CCS(=O)c1cccc(C(F)(F)F)c1.c1cc2c(cc1CN1CCCCC1)CCCC2. The van der Waals surface area contributed by atoms with Crippen LogP contribution >= 0.6 is 0 Å². The number of amides is 1. The first-order chi connectivity index (χ1) is 18.1. The molecule has 1 amide bonds. The number of nitrogens with zero attached hydrogens (tertiary/aromatic N) is 1. The van der Waals surface area contributed by atoms with E-state index in [-0.39, 0.29) is 17.1 Å². The van der Waals surface area contributed by atoms with Crippen molar-refractivity contribution in [2.24, 2.45) is 5.73 Å². The number of hydrogen-bond donors (Lipinski definition) is 2. The van der Waals surface area contributed by atoms with Gasteiger partial charge in [-0.1, -0.05) is 30.7 Å². The van der Waals surface area contributed by atoms with Crippen molar-refractivity contribution in [3.05, 3.63) is 64.7 Å². The van der Waals surface area contributed by atoms with Gasteiger partial charge >= 0.3 is 6.18 Å². The minimum absolute atomic E-state index is 0.00787. The van der Waals surface area contributed by atoms with E-state index in [2.05, 4.69) is 35.9 Å². The lowest BCUT2D eigenvalue weighted by Crippen LogP contribution is -2.29. The van der Waals surface area contributed by atoms with Crippen LogP contribution in [0, 0.1) is 12.8 Å². The number of aliphatic hydroxyl groups excluding tert-OH is 1. The maximum absolute atomic E-state index is 12.5. The Morgan fingerprint density at radius 3 is 2.29 bits per heavy atom. The lowest BCUT2D eigenvalue weighted by Gasteiger charge is -2.27. The van der Waals surface area contributed by atoms with Crippen LogP contribution in [0.15, 0.2) is 47.4 Å². The van der Waals surface area contributed by atoms with Crippen molar-refractivity contribution >= 4 is 16.7 Å². The molecule has 3 N–H and O–H groups in total. The molecule has 1 aliphatic heterocycles. The van der Waals surface area contributed by atoms with E-state index in [1.807, 2.05) is 0 Å². The summed E-state index contributed by atoms with van der Waals surface area (Å²) in [6.07, 6.45) is 11.5. The second-order valence-corrected chi connectivity index (χ2v) is 11.0. The highest BCUT2D eigenvalue weighted by Gasteiger charge is 2.30. The van der Waals surface area contributed by atoms with Crippen LogP contribution in [-0.2, 0) is 41.2 Å². The van der Waals surface area contributed by atoms with Gasteiger partial charge in [-0.3, -0.25) is 13.9 Å². The van der Waals surface area contributed by atoms with Gasteiger partial charge in [0, 0.05) is 17.2 Å². The molecule has 38 heavy (non-hydrogen) atoms. The molecule has 2 aromatic rings. The van der Waals surface area contributed by atoms with E-state index in [1.165, 1.54) is 76.2 Å². The van der Waals surface area contributed by atoms with Crippen LogP contribution in [0.1, 0.15) is 60.8 Å². The van der Waals surface area contributed by atoms with Crippen molar-refractivity contribution in [2.75, 3.05) is 18.8 Å². The van der Waals surface area contributed by atoms with Gasteiger partial charge in [0.15, 0.2) is 0 Å². The highest BCUT2D eigenvalue weighted by molar-refractivity contribution is 7.85. The number of nitrogens with two attached hydrogens (primary N) is 1. The first-order valence-electron chi connectivity index (χ1n) is 12.8. The number of halogens is 3. The third kappa shape index (κ3) is 10.2. The number of aryl methyl sites for hydroxylation is 2. The number of benzene rings is 2. The van der Waals surface area contributed by atoms with Gasteiger partial charge in [0.05, 0.1) is 16.4 Å². The van der Waals surface area contributed by atoms with Crippen molar-refractivity contribution in [3.63, 3.8) is 0 Å². The minimum atomic E-state index is -4.51. The maximum Gasteiger partial charge on any atom is 0.416 e. The summed E-state index contributed by atoms with van der Waals surface area (Å²) in [6, 6.07) is 11.3. The van der Waals surface area contributed by atoms with Crippen LogP contribution in [0.2, 0.25) is 0 Å². The first kappa shape index (κ1) is 31.5. The van der Waals surface area contributed by atoms with Crippen molar-refractivity contribution < 1.29 is 27.3 Å². The Morgan fingerprint density at radius 2 is 1.66 bits per heavy atom. The zero-order chi connectivity index (χ0) is 28.1. The number of hydrogen-bond acceptors (Lipinski definition) is 4. The van der Waals surface area contributed by atoms with Crippen LogP contribution < -0.4 is 5.73 Å². The Kier molecular flexibility index (Phi) is 13.0. The van der Waals surface area contributed by atoms with Gasteiger partial charge in [0.25, 0.3) is 0 Å². The average molecular weight is 551 g/mol. The topological polar surface area (TPSA) is 83.6 Å². The first-order valence-corrected chi connectivity index (χ1v) is 14.1. The normalized spacial score (nSPS) is 17.0. The predicted molar refractivity (Wildman–Crippen MR) is 145 cm³/mol. The Bertz CT molecular complexity index is 1080. The molecular formula is C29H37F3N2O3S. The highest BCUT2D eigenvalue weighted by Crippen LogP contribution is 2.30. The van der Waals surface area contributed by atoms with Crippen LogP contribution in [0.3, 0.4) is 0 Å². The van der Waals surface area contributed by atoms with Crippen LogP contribution in [0.25, 0.3) is 0 Å². The summed E-state index contributed by atoms with van der Waals surface area (Å²) in [5.74, 6) is -1.10. The second kappa shape index (κ2) is 15.7. The van der Waals surface area contributed by atoms with Crippen LogP contribution in [0.4, 0.5) is 13.2 Å². The number of piperidine rings is 1. The Morgan fingerprint density at radius 1 is 1.00 bits per heavy atom. The van der Waals surface area contributed by atoms with Crippen molar-refractivity contribution in [3.8, 4) is 12.8 Å². The summed E-state index contributed by atoms with van der Waals surface area (Å²) in [5.41, 5.74) is 8.69. The molecule has 1 saturated heterocycles. The number of carbonyl (C=O) groups is 1. The van der Waals surface area contributed by atoms with Gasteiger partial charge < -0.3 is 10.8 Å². The molecule has 1 unspecified atom stereocenters. The van der Waals surface area contributed by atoms with E-state index in [1.54, 1.807) is 11.1 Å². The highest BCUT2D eigenvalue weighted by atomic mass is 32.2. The number of aliphatic hydroxyl groups is 1. The van der Waals surface area contributed by atoms with Crippen molar-refractivity contribution in [1.82, 2.24) is 4.90 Å². The van der Waals surface area contributed by atoms with E-state index < -0.39 is 34.6 Å². The number of likely N-dealkylation sites (tertiary alicyclic amines) is 1. The lowest BCUT2D eigenvalue weighted by molar-refractivity contribution is -0.137. The van der Waals surface area contributed by atoms with Gasteiger partial charge in [-0.15, -0.1) is 12.8 Å². The lowest BCUT2D eigenvalue weighted by atomic mass is 9.90. The molecule has 1 fully saturated rings. The largest absolute Gasteiger partial charge is 0.416 e. The smallest absolute Gasteiger partial charge is 0.383 e. The zero-order valence-electron chi connectivity index (χ0n) is 21.6. The predicted octanol–water partition coefficient (Wildman–Crippen LogP) is 4.85. The molecule has 0 bridgehead atoms. The van der Waals surface area contributed by atoms with Gasteiger partial charge in [0.1, 0.15) is 6.10 Å². The molecule has 1 heterocycles. The fourth-order valence-corrected chi connectivity index (χ4v) is 5.72. The molecule has 0 aromatic heterocycles. The van der Waals surface area contributed by atoms with Crippen molar-refractivity contribution in [2.45, 2.75) is 75.1 Å². The molecule has 2 aromatic carbocycles. The van der Waals surface area contributed by atoms with Gasteiger partial charge in [-0.05, 0) is 92.9 Å². The standard InChI is InChI=1S/C16H23N.C11H12F3NO3S.C2H2/c1-4-10-17(11-5-1)13-14-8-9-15-6-2-3-7-16(15)12-14;12-11(13,14)7-2-1-3-8(6-7)19(18)5-4-9(16)10(15)17;1-2/h8-9,12H,1-7,10-11,13H2;1-3,6,9,16H,4-5H2,(H2,15,17);1-2H/t;9-,19?;/m.1./s1. The Balaban J connectivity index is 0.000000251. The van der Waals surface area contributed by atoms with Crippen LogP contribution in [-0.4, -0.2) is 45.1 Å². The number of fused-ring (bicyclic) bond motifs is 1. The van der Waals surface area contributed by atoms with Crippen molar-refractivity contribution in [1.29, 1.82) is 0 Å². The monoisotopic (exact) mass is 550 g/mol. The molecule has 0 spiro atoms. The summed E-state index contributed by atoms with van der Waals surface area (Å²) in [4.78, 5) is 13.2. The molecule has 4 rings (SSSR count). The molecule has 2 atom stereocenters. The van der Waals surface area contributed by atoms with E-state index in [9.17, 15) is 22.2 Å². The zero-order valence-corrected chi connectivity index (χ0v) is 22.4. The van der Waals surface area contributed by atoms with Gasteiger partial charge in [-0.2, -0.15) is 13.2 Å². The number of primary amides is 1. The summed E-state index contributed by atoms with van der Waals surface area (Å²) in [7, 11) is -1.73. The van der Waals surface area contributed by atoms with E-state index in [4.69, 9.17) is 10.8 Å². The average Bonchev–Trinajstić information content (AvgIpc) is 2.93. The second-order valence-electron chi connectivity index (χ2n) is 9.43. The molecule has 208 valence electrons. The third-order valence-electron chi connectivity index (χ3n) is 6.60. The third-order valence-corrected chi connectivity index (χ3v) is 7.98. The van der Waals surface area contributed by atoms with Gasteiger partial charge in [-0.25, -0.2) is 0 Å². The number of terminal acetylenes is 1. The Labute approximate surface area is 226 Å². The summed E-state index contributed by atoms with van der Waals surface area (Å²) in [6.45, 7) is 3.78. The fourth-order valence-electron chi connectivity index (χ4n) is 4.55. The summed E-state index contributed by atoms with van der Waals surface area (Å²) in [5, 5.41) is 9.12. The molecule has 0 saturated carbocycles. The molecule has 0 radical (unpaired) electrons. The van der Waals surface area contributed by atoms with Crippen LogP contribution in [0.5, 0.6) is 0 Å². The minimum Gasteiger partial charge on any atom is -0.383 e.